The summed E-state index contributed by atoms with van der Waals surface area (Å²) in [5, 5.41) is 10.2. The largest absolute Gasteiger partial charge is 0.481 e. The SMILES string of the molecule is O=C(OC1[C@@H]2CC3C[C@@H]1CC(C(=O)O)(C3)C2)N1CCC(c2ncc(Cl)cn2)C1. The number of carboxylic acid groups (broad SMARTS) is 1. The van der Waals surface area contributed by atoms with E-state index in [0.29, 0.717) is 42.7 Å². The second kappa shape index (κ2) is 6.58. The summed E-state index contributed by atoms with van der Waals surface area (Å²) in [5.74, 6) is 0.980. The highest BCUT2D eigenvalue weighted by atomic mass is 35.5. The number of carbonyl (C=O) groups excluding carboxylic acids is 1. The molecule has 2 heterocycles. The van der Waals surface area contributed by atoms with E-state index in [1.807, 2.05) is 0 Å². The third-order valence-electron chi connectivity index (χ3n) is 7.33. The Morgan fingerprint density at radius 3 is 2.50 bits per heavy atom. The van der Waals surface area contributed by atoms with Crippen LogP contribution in [0.2, 0.25) is 5.02 Å². The summed E-state index contributed by atoms with van der Waals surface area (Å²) in [6.07, 6.45) is 7.62. The predicted molar refractivity (Wildman–Crippen MR) is 99.9 cm³/mol. The fourth-order valence-electron chi connectivity index (χ4n) is 6.29. The van der Waals surface area contributed by atoms with Crippen LogP contribution in [0.5, 0.6) is 0 Å². The smallest absolute Gasteiger partial charge is 0.410 e. The molecular weight excluding hydrogens is 382 g/mol. The Hall–Kier alpha value is -1.89. The van der Waals surface area contributed by atoms with E-state index >= 15 is 0 Å². The number of halogens is 1. The molecule has 1 aromatic heterocycles. The summed E-state index contributed by atoms with van der Waals surface area (Å²) in [4.78, 5) is 34.9. The average molecular weight is 406 g/mol. The summed E-state index contributed by atoms with van der Waals surface area (Å²) in [5.41, 5.74) is -0.579. The first-order valence-corrected chi connectivity index (χ1v) is 10.5. The number of nitrogens with zero attached hydrogens (tertiary/aromatic N) is 3. The van der Waals surface area contributed by atoms with Gasteiger partial charge in [0.15, 0.2) is 0 Å². The third kappa shape index (κ3) is 2.95. The van der Waals surface area contributed by atoms with Gasteiger partial charge in [-0.2, -0.15) is 0 Å². The Bertz CT molecular complexity index is 785. The predicted octanol–water partition coefficient (Wildman–Crippen LogP) is 3.34. The highest BCUT2D eigenvalue weighted by molar-refractivity contribution is 6.30. The molecule has 7 nitrogen and oxygen atoms in total. The van der Waals surface area contributed by atoms with Crippen molar-refractivity contribution in [3.05, 3.63) is 23.2 Å². The van der Waals surface area contributed by atoms with E-state index in [-0.39, 0.29) is 30.0 Å². The molecule has 5 aliphatic rings. The zero-order valence-electron chi connectivity index (χ0n) is 15.6. The maximum absolute atomic E-state index is 12.8. The number of hydrogen-bond donors (Lipinski definition) is 1. The standard InChI is InChI=1S/C20H24ClN3O4/c21-15-8-22-17(23-9-15)12-1-2-24(10-12)19(27)28-16-13-3-11-4-14(16)7-20(5-11,6-13)18(25)26/h8-9,11-14,16H,1-7,10H2,(H,25,26)/t11?,12?,13-,14-,16?,20?/m1/s1. The van der Waals surface area contributed by atoms with Crippen LogP contribution < -0.4 is 0 Å². The van der Waals surface area contributed by atoms with Crippen molar-refractivity contribution < 1.29 is 19.4 Å². The molecule has 4 aliphatic carbocycles. The van der Waals surface area contributed by atoms with Gasteiger partial charge in [-0.25, -0.2) is 14.8 Å². The van der Waals surface area contributed by atoms with Crippen molar-refractivity contribution in [2.45, 2.75) is 50.5 Å². The lowest BCUT2D eigenvalue weighted by Gasteiger charge is -2.57. The number of ether oxygens (including phenoxy) is 1. The molecule has 1 aliphatic heterocycles. The molecule has 1 unspecified atom stereocenters. The summed E-state index contributed by atoms with van der Waals surface area (Å²) >= 11 is 5.85. The first-order valence-electron chi connectivity index (χ1n) is 10.1. The summed E-state index contributed by atoms with van der Waals surface area (Å²) in [6, 6.07) is 0. The van der Waals surface area contributed by atoms with E-state index in [4.69, 9.17) is 16.3 Å². The highest BCUT2D eigenvalue weighted by Crippen LogP contribution is 2.60. The van der Waals surface area contributed by atoms with E-state index in [2.05, 4.69) is 9.97 Å². The summed E-state index contributed by atoms with van der Waals surface area (Å²) in [6.45, 7) is 1.17. The van der Waals surface area contributed by atoms with Gasteiger partial charge < -0.3 is 14.7 Å². The van der Waals surface area contributed by atoms with E-state index < -0.39 is 11.4 Å². The third-order valence-corrected chi connectivity index (χ3v) is 7.52. The molecule has 4 saturated carbocycles. The van der Waals surface area contributed by atoms with Gasteiger partial charge in [-0.05, 0) is 56.3 Å². The molecule has 5 fully saturated rings. The van der Waals surface area contributed by atoms with Crippen LogP contribution >= 0.6 is 11.6 Å². The van der Waals surface area contributed by atoms with Gasteiger partial charge in [-0.1, -0.05) is 11.6 Å². The van der Waals surface area contributed by atoms with Crippen molar-refractivity contribution in [2.24, 2.45) is 23.2 Å². The molecule has 1 aromatic rings. The molecular formula is C20H24ClN3O4. The van der Waals surface area contributed by atoms with Crippen LogP contribution in [0.25, 0.3) is 0 Å². The van der Waals surface area contributed by atoms with E-state index in [1.54, 1.807) is 17.3 Å². The van der Waals surface area contributed by atoms with Gasteiger partial charge in [0.1, 0.15) is 11.9 Å². The minimum absolute atomic E-state index is 0.0959. The van der Waals surface area contributed by atoms with Gasteiger partial charge in [0, 0.05) is 31.4 Å². The maximum Gasteiger partial charge on any atom is 0.410 e. The number of carbonyl (C=O) groups is 2. The molecule has 1 N–H and O–H groups in total. The van der Waals surface area contributed by atoms with Crippen molar-refractivity contribution in [3.8, 4) is 0 Å². The normalized spacial score (nSPS) is 38.6. The molecule has 0 radical (unpaired) electrons. The molecule has 8 heteroatoms. The fraction of sp³-hybridized carbons (Fsp3) is 0.700. The molecule has 0 spiro atoms. The van der Waals surface area contributed by atoms with Gasteiger partial charge in [0.05, 0.1) is 10.4 Å². The lowest BCUT2D eigenvalue weighted by molar-refractivity contribution is -0.179. The zero-order chi connectivity index (χ0) is 19.5. The molecule has 6 rings (SSSR count). The Labute approximate surface area is 168 Å². The van der Waals surface area contributed by atoms with E-state index in [9.17, 15) is 14.7 Å². The minimum Gasteiger partial charge on any atom is -0.481 e. The van der Waals surface area contributed by atoms with Crippen molar-refractivity contribution in [3.63, 3.8) is 0 Å². The lowest BCUT2D eigenvalue weighted by Crippen LogP contribution is -2.57. The van der Waals surface area contributed by atoms with Gasteiger partial charge in [-0.3, -0.25) is 4.79 Å². The Kier molecular flexibility index (Phi) is 4.27. The first-order chi connectivity index (χ1) is 13.4. The monoisotopic (exact) mass is 405 g/mol. The Morgan fingerprint density at radius 2 is 1.86 bits per heavy atom. The number of likely N-dealkylation sites (tertiary alicyclic amines) is 1. The van der Waals surface area contributed by atoms with Crippen LogP contribution in [-0.2, 0) is 9.53 Å². The average Bonchev–Trinajstić information content (AvgIpc) is 3.15. The quantitative estimate of drug-likeness (QED) is 0.829. The summed E-state index contributed by atoms with van der Waals surface area (Å²) < 4.78 is 5.97. The van der Waals surface area contributed by atoms with Gasteiger partial charge in [0.25, 0.3) is 0 Å². The fourth-order valence-corrected chi connectivity index (χ4v) is 6.39. The van der Waals surface area contributed by atoms with Gasteiger partial charge in [-0.15, -0.1) is 0 Å². The molecule has 28 heavy (non-hydrogen) atoms. The van der Waals surface area contributed by atoms with E-state index in [0.717, 1.165) is 25.7 Å². The molecule has 1 amide bonds. The molecule has 150 valence electrons. The minimum atomic E-state index is -0.665. The van der Waals surface area contributed by atoms with Crippen LogP contribution in [0.4, 0.5) is 4.79 Å². The van der Waals surface area contributed by atoms with Crippen LogP contribution in [0.3, 0.4) is 0 Å². The van der Waals surface area contributed by atoms with Gasteiger partial charge >= 0.3 is 12.1 Å². The highest BCUT2D eigenvalue weighted by Gasteiger charge is 2.60. The van der Waals surface area contributed by atoms with Crippen molar-refractivity contribution in [1.29, 1.82) is 0 Å². The first kappa shape index (κ1) is 18.2. The lowest BCUT2D eigenvalue weighted by atomic mass is 9.48. The number of aromatic nitrogens is 2. The van der Waals surface area contributed by atoms with Crippen LogP contribution in [-0.4, -0.2) is 51.2 Å². The Balaban J connectivity index is 1.23. The molecule has 4 bridgehead atoms. The topological polar surface area (TPSA) is 92.6 Å². The zero-order valence-corrected chi connectivity index (χ0v) is 16.3. The number of hydrogen-bond acceptors (Lipinski definition) is 5. The molecule has 3 atom stereocenters. The van der Waals surface area contributed by atoms with E-state index in [1.165, 1.54) is 0 Å². The second-order valence-corrected chi connectivity index (χ2v) is 9.53. The van der Waals surface area contributed by atoms with Crippen LogP contribution in [0.15, 0.2) is 12.4 Å². The maximum atomic E-state index is 12.8. The second-order valence-electron chi connectivity index (χ2n) is 9.09. The summed E-state index contributed by atoms with van der Waals surface area (Å²) in [7, 11) is 0. The van der Waals surface area contributed by atoms with Crippen molar-refractivity contribution in [1.82, 2.24) is 14.9 Å². The van der Waals surface area contributed by atoms with Gasteiger partial charge in [0.2, 0.25) is 0 Å². The van der Waals surface area contributed by atoms with Crippen molar-refractivity contribution in [2.75, 3.05) is 13.1 Å². The van der Waals surface area contributed by atoms with Crippen molar-refractivity contribution >= 4 is 23.7 Å². The number of aliphatic carboxylic acids is 1. The number of carboxylic acids is 1. The van der Waals surface area contributed by atoms with Crippen LogP contribution in [0.1, 0.15) is 50.3 Å². The number of amides is 1. The number of rotatable bonds is 3. The van der Waals surface area contributed by atoms with Crippen LogP contribution in [0, 0.1) is 23.2 Å². The molecule has 0 aromatic carbocycles. The molecule has 1 saturated heterocycles. The Morgan fingerprint density at radius 1 is 1.18 bits per heavy atom.